The van der Waals surface area contributed by atoms with Crippen molar-refractivity contribution in [1.82, 2.24) is 20.0 Å². The predicted octanol–water partition coefficient (Wildman–Crippen LogP) is 6.15. The quantitative estimate of drug-likeness (QED) is 0.254. The average Bonchev–Trinajstić information content (AvgIpc) is 3.35. The molecule has 0 saturated carbocycles. The summed E-state index contributed by atoms with van der Waals surface area (Å²) in [4.78, 5) is 4.57. The molecule has 4 aromatic rings. The molecule has 0 aliphatic heterocycles. The maximum absolute atomic E-state index is 12.4. The third-order valence-corrected chi connectivity index (χ3v) is 5.45. The van der Waals surface area contributed by atoms with E-state index in [4.69, 9.17) is 4.74 Å². The van der Waals surface area contributed by atoms with E-state index in [1.807, 2.05) is 35.1 Å². The van der Waals surface area contributed by atoms with Crippen LogP contribution in [0.2, 0.25) is 0 Å². The summed E-state index contributed by atoms with van der Waals surface area (Å²) in [5.41, 5.74) is 4.50. The van der Waals surface area contributed by atoms with Crippen molar-refractivity contribution in [3.05, 3.63) is 89.9 Å². The molecule has 0 saturated heterocycles. The zero-order valence-corrected chi connectivity index (χ0v) is 19.2. The van der Waals surface area contributed by atoms with Crippen LogP contribution >= 0.6 is 0 Å². The number of unbranched alkanes of at least 4 members (excludes halogenated alkanes) is 1. The van der Waals surface area contributed by atoms with E-state index < -0.39 is 6.36 Å². The molecule has 4 rings (SSSR count). The lowest BCUT2D eigenvalue weighted by atomic mass is 10.0. The van der Waals surface area contributed by atoms with Gasteiger partial charge in [-0.3, -0.25) is 4.68 Å². The molecule has 6 nitrogen and oxygen atoms in total. The maximum Gasteiger partial charge on any atom is 0.573 e. The molecule has 0 aliphatic carbocycles. The topological polar surface area (TPSA) is 62.1 Å². The fraction of sp³-hybridized carbons (Fsp3) is 0.269. The number of aromatic nitrogens is 4. The van der Waals surface area contributed by atoms with Gasteiger partial charge in [0.25, 0.3) is 0 Å². The van der Waals surface area contributed by atoms with Gasteiger partial charge in [-0.05, 0) is 85.8 Å². The lowest BCUT2D eigenvalue weighted by Crippen LogP contribution is -2.16. The highest BCUT2D eigenvalue weighted by molar-refractivity contribution is 5.60. The van der Waals surface area contributed by atoms with Crippen molar-refractivity contribution in [1.29, 1.82) is 0 Å². The van der Waals surface area contributed by atoms with Crippen molar-refractivity contribution < 1.29 is 22.6 Å². The Morgan fingerprint density at radius 1 is 0.943 bits per heavy atom. The highest BCUT2D eigenvalue weighted by Crippen LogP contribution is 2.26. The van der Waals surface area contributed by atoms with Gasteiger partial charge in [-0.15, -0.1) is 18.3 Å². The average molecular weight is 483 g/mol. The third kappa shape index (κ3) is 7.30. The van der Waals surface area contributed by atoms with Crippen molar-refractivity contribution in [3.63, 3.8) is 0 Å². The van der Waals surface area contributed by atoms with Crippen molar-refractivity contribution >= 4 is 0 Å². The zero-order valence-electron chi connectivity index (χ0n) is 19.2. The number of halogens is 3. The molecule has 0 radical (unpaired) electrons. The number of pyridine rings is 1. The highest BCUT2D eigenvalue weighted by Gasteiger charge is 2.30. The summed E-state index contributed by atoms with van der Waals surface area (Å²) in [5, 5.41) is 7.79. The fourth-order valence-electron chi connectivity index (χ4n) is 3.69. The Hall–Kier alpha value is -3.88. The minimum Gasteiger partial charge on any atom is -0.487 e. The summed E-state index contributed by atoms with van der Waals surface area (Å²) in [5.74, 6) is 0.490. The van der Waals surface area contributed by atoms with Gasteiger partial charge in [0, 0.05) is 18.3 Å². The first kappa shape index (κ1) is 24.3. The molecule has 182 valence electrons. The molecule has 0 amide bonds. The number of aryl methyl sites for hydroxylation is 3. The first-order valence-electron chi connectivity index (χ1n) is 11.2. The van der Waals surface area contributed by atoms with Gasteiger partial charge in [0.05, 0.1) is 17.6 Å². The number of hydrogen-bond acceptors (Lipinski definition) is 5. The summed E-state index contributed by atoms with van der Waals surface area (Å²) < 4.78 is 48.8. The van der Waals surface area contributed by atoms with Gasteiger partial charge in [0.2, 0.25) is 0 Å². The van der Waals surface area contributed by atoms with Crippen LogP contribution in [0.1, 0.15) is 29.7 Å². The van der Waals surface area contributed by atoms with E-state index in [0.717, 1.165) is 31.6 Å². The summed E-state index contributed by atoms with van der Waals surface area (Å²) in [6, 6.07) is 17.2. The second-order valence-corrected chi connectivity index (χ2v) is 8.09. The molecular formula is C26H25F3N4O2. The van der Waals surface area contributed by atoms with Crippen LogP contribution in [0.3, 0.4) is 0 Å². The molecule has 35 heavy (non-hydrogen) atoms. The Kier molecular flexibility index (Phi) is 7.64. The second-order valence-electron chi connectivity index (χ2n) is 8.09. The number of rotatable bonds is 10. The van der Waals surface area contributed by atoms with Crippen molar-refractivity contribution in [2.75, 3.05) is 0 Å². The number of benzene rings is 2. The van der Waals surface area contributed by atoms with Crippen LogP contribution in [0.5, 0.6) is 11.5 Å². The van der Waals surface area contributed by atoms with Crippen molar-refractivity contribution in [3.8, 4) is 22.8 Å². The van der Waals surface area contributed by atoms with E-state index in [0.29, 0.717) is 17.0 Å². The number of ether oxygens (including phenoxy) is 2. The maximum atomic E-state index is 12.4. The lowest BCUT2D eigenvalue weighted by Gasteiger charge is -2.11. The molecular weight excluding hydrogens is 457 g/mol. The Labute approximate surface area is 201 Å². The van der Waals surface area contributed by atoms with E-state index in [1.54, 1.807) is 24.4 Å². The number of nitrogens with zero attached hydrogens (tertiary/aromatic N) is 4. The second kappa shape index (κ2) is 11.0. The zero-order chi connectivity index (χ0) is 24.7. The molecule has 0 N–H and O–H groups in total. The molecule has 0 spiro atoms. The van der Waals surface area contributed by atoms with Gasteiger partial charge in [-0.1, -0.05) is 17.3 Å². The lowest BCUT2D eigenvalue weighted by molar-refractivity contribution is -0.274. The van der Waals surface area contributed by atoms with Crippen LogP contribution in [0.4, 0.5) is 13.2 Å². The molecule has 0 atom stereocenters. The molecule has 9 heteroatoms. The standard InChI is InChI=1S/C26H25F3N4O2/c1-19-17-24(13-8-20(19)5-2-3-15-33-16-14-30-32-33)34-18-22-6-4-7-25(31-22)21-9-11-23(12-10-21)35-26(27,28)29/h4,6-14,16-17H,2-3,5,15,18H2,1H3. The molecule has 2 aromatic heterocycles. The van der Waals surface area contributed by atoms with Gasteiger partial charge >= 0.3 is 6.36 Å². The third-order valence-electron chi connectivity index (χ3n) is 5.45. The number of hydrogen-bond donors (Lipinski definition) is 0. The van der Waals surface area contributed by atoms with Crippen molar-refractivity contribution in [2.24, 2.45) is 0 Å². The van der Waals surface area contributed by atoms with E-state index in [9.17, 15) is 13.2 Å². The van der Waals surface area contributed by atoms with E-state index >= 15 is 0 Å². The summed E-state index contributed by atoms with van der Waals surface area (Å²) in [7, 11) is 0. The predicted molar refractivity (Wildman–Crippen MR) is 125 cm³/mol. The molecule has 2 aromatic carbocycles. The first-order valence-corrected chi connectivity index (χ1v) is 11.2. The van der Waals surface area contributed by atoms with Crippen LogP contribution in [0.25, 0.3) is 11.3 Å². The fourth-order valence-corrected chi connectivity index (χ4v) is 3.69. The Morgan fingerprint density at radius 2 is 1.74 bits per heavy atom. The first-order chi connectivity index (χ1) is 16.9. The van der Waals surface area contributed by atoms with E-state index in [1.165, 1.54) is 23.3 Å². The molecule has 0 fully saturated rings. The monoisotopic (exact) mass is 482 g/mol. The number of alkyl halides is 3. The molecule has 2 heterocycles. The Morgan fingerprint density at radius 3 is 2.46 bits per heavy atom. The van der Waals surface area contributed by atoms with Crippen LogP contribution in [-0.2, 0) is 19.6 Å². The van der Waals surface area contributed by atoms with Gasteiger partial charge in [-0.25, -0.2) is 4.98 Å². The summed E-state index contributed by atoms with van der Waals surface area (Å²) in [6.45, 7) is 3.21. The SMILES string of the molecule is Cc1cc(OCc2cccc(-c3ccc(OC(F)(F)F)cc3)n2)ccc1CCCCn1ccnn1. The molecule has 0 bridgehead atoms. The van der Waals surface area contributed by atoms with Crippen LogP contribution in [0.15, 0.2) is 73.1 Å². The van der Waals surface area contributed by atoms with E-state index in [2.05, 4.69) is 33.0 Å². The minimum atomic E-state index is -4.72. The van der Waals surface area contributed by atoms with Gasteiger partial charge in [0.15, 0.2) is 0 Å². The van der Waals surface area contributed by atoms with Crippen LogP contribution in [-0.4, -0.2) is 26.3 Å². The Balaban J connectivity index is 1.30. The minimum absolute atomic E-state index is 0.269. The molecule has 0 unspecified atom stereocenters. The van der Waals surface area contributed by atoms with Crippen LogP contribution < -0.4 is 9.47 Å². The molecule has 0 aliphatic rings. The van der Waals surface area contributed by atoms with E-state index in [-0.39, 0.29) is 12.4 Å². The van der Waals surface area contributed by atoms with Crippen molar-refractivity contribution in [2.45, 2.75) is 45.7 Å². The Bertz CT molecular complexity index is 1230. The van der Waals surface area contributed by atoms with Gasteiger partial charge < -0.3 is 9.47 Å². The van der Waals surface area contributed by atoms with Gasteiger partial charge in [0.1, 0.15) is 18.1 Å². The largest absolute Gasteiger partial charge is 0.573 e. The smallest absolute Gasteiger partial charge is 0.487 e. The summed E-state index contributed by atoms with van der Waals surface area (Å²) in [6.07, 6.45) is 1.90. The highest BCUT2D eigenvalue weighted by atomic mass is 19.4. The van der Waals surface area contributed by atoms with Crippen LogP contribution in [0, 0.1) is 6.92 Å². The summed E-state index contributed by atoms with van der Waals surface area (Å²) >= 11 is 0. The normalized spacial score (nSPS) is 11.4. The van der Waals surface area contributed by atoms with Gasteiger partial charge in [-0.2, -0.15) is 0 Å².